The second-order valence-electron chi connectivity index (χ2n) is 8.48. The van der Waals surface area contributed by atoms with Gasteiger partial charge in [-0.05, 0) is 32.8 Å². The number of pyridine rings is 1. The van der Waals surface area contributed by atoms with E-state index in [4.69, 9.17) is 4.74 Å². The first kappa shape index (κ1) is 22.5. The van der Waals surface area contributed by atoms with E-state index in [9.17, 15) is 13.6 Å². The van der Waals surface area contributed by atoms with Crippen LogP contribution in [0.25, 0.3) is 16.2 Å². The van der Waals surface area contributed by atoms with E-state index in [2.05, 4.69) is 39.3 Å². The van der Waals surface area contributed by atoms with E-state index < -0.39 is 12.3 Å². The molecule has 3 atom stereocenters. The molecule has 0 radical (unpaired) electrons. The Bertz CT molecular complexity index is 1340. The number of rotatable bonds is 5. The Morgan fingerprint density at radius 3 is 2.74 bits per heavy atom. The summed E-state index contributed by atoms with van der Waals surface area (Å²) in [5.41, 5.74) is 1.44. The molecule has 9 nitrogen and oxygen atoms in total. The molecule has 1 aliphatic heterocycles. The third-order valence-corrected chi connectivity index (χ3v) is 6.70. The molecule has 1 amide bonds. The summed E-state index contributed by atoms with van der Waals surface area (Å²) in [6.07, 6.45) is 2.54. The molecule has 1 fully saturated rings. The van der Waals surface area contributed by atoms with E-state index in [0.29, 0.717) is 21.9 Å². The quantitative estimate of drug-likeness (QED) is 0.447. The Balaban J connectivity index is 1.38. The average molecular weight is 488 g/mol. The van der Waals surface area contributed by atoms with Crippen LogP contribution in [0.3, 0.4) is 0 Å². The highest BCUT2D eigenvalue weighted by Gasteiger charge is 2.28. The van der Waals surface area contributed by atoms with Crippen LogP contribution in [0.4, 0.5) is 14.5 Å². The number of alkyl halides is 2. The van der Waals surface area contributed by atoms with Crippen molar-refractivity contribution in [2.75, 3.05) is 5.32 Å². The Labute approximate surface area is 197 Å². The van der Waals surface area contributed by atoms with Gasteiger partial charge in [-0.1, -0.05) is 0 Å². The number of amides is 1. The van der Waals surface area contributed by atoms with E-state index >= 15 is 0 Å². The number of carbonyl (C=O) groups is 1. The largest absolute Gasteiger partial charge is 0.376 e. The van der Waals surface area contributed by atoms with E-state index in [1.807, 2.05) is 0 Å². The summed E-state index contributed by atoms with van der Waals surface area (Å²) < 4.78 is 34.8. The zero-order valence-electron chi connectivity index (χ0n) is 18.8. The van der Waals surface area contributed by atoms with Gasteiger partial charge in [-0.25, -0.2) is 23.3 Å². The summed E-state index contributed by atoms with van der Waals surface area (Å²) in [5.74, 6) is 0.545. The fourth-order valence-corrected chi connectivity index (χ4v) is 5.15. The highest BCUT2D eigenvalue weighted by atomic mass is 32.1. The van der Waals surface area contributed by atoms with Gasteiger partial charge in [0, 0.05) is 36.3 Å². The van der Waals surface area contributed by atoms with Gasteiger partial charge in [-0.2, -0.15) is 10.2 Å². The minimum absolute atomic E-state index is 0.151. The minimum atomic E-state index is -2.67. The van der Waals surface area contributed by atoms with Crippen molar-refractivity contribution in [3.8, 4) is 10.6 Å². The Morgan fingerprint density at radius 1 is 1.26 bits per heavy atom. The maximum absolute atomic E-state index is 13.1. The minimum Gasteiger partial charge on any atom is -0.376 e. The van der Waals surface area contributed by atoms with Gasteiger partial charge < -0.3 is 10.1 Å². The first-order valence-corrected chi connectivity index (χ1v) is 11.8. The molecule has 12 heteroatoms. The first-order valence-electron chi connectivity index (χ1n) is 10.9. The molecule has 0 bridgehead atoms. The lowest BCUT2D eigenvalue weighted by Gasteiger charge is -2.30. The van der Waals surface area contributed by atoms with E-state index in [-0.39, 0.29) is 29.5 Å². The number of hydrogen-bond acceptors (Lipinski definition) is 7. The first-order chi connectivity index (χ1) is 16.3. The van der Waals surface area contributed by atoms with Gasteiger partial charge in [0.2, 0.25) is 0 Å². The van der Waals surface area contributed by atoms with Crippen molar-refractivity contribution in [3.63, 3.8) is 0 Å². The average Bonchev–Trinajstić information content (AvgIpc) is 3.50. The molecule has 178 valence electrons. The normalized spacial score (nSPS) is 20.8. The third-order valence-electron chi connectivity index (χ3n) is 5.80. The smallest absolute Gasteiger partial charge is 0.281 e. The van der Waals surface area contributed by atoms with Crippen molar-refractivity contribution in [3.05, 3.63) is 47.1 Å². The van der Waals surface area contributed by atoms with Gasteiger partial charge in [0.05, 0.1) is 24.0 Å². The fraction of sp³-hybridized carbons (Fsp3) is 0.409. The maximum atomic E-state index is 13.1. The Kier molecular flexibility index (Phi) is 5.86. The lowest BCUT2D eigenvalue weighted by atomic mass is 9.92. The van der Waals surface area contributed by atoms with Crippen molar-refractivity contribution < 1.29 is 18.3 Å². The number of halogens is 2. The molecule has 4 aromatic rings. The number of hydrogen-bond donors (Lipinski definition) is 1. The summed E-state index contributed by atoms with van der Waals surface area (Å²) in [6.45, 7) is 4.11. The molecule has 5 rings (SSSR count). The number of nitrogens with one attached hydrogen (secondary N) is 1. The summed E-state index contributed by atoms with van der Waals surface area (Å²) in [4.78, 5) is 21.7. The number of carbonyl (C=O) groups excluding carboxylic acids is 1. The maximum Gasteiger partial charge on any atom is 0.281 e. The molecular weight excluding hydrogens is 464 g/mol. The molecule has 0 saturated carbocycles. The van der Waals surface area contributed by atoms with Crippen LogP contribution in [0.15, 0.2) is 29.9 Å². The number of aromatic nitrogens is 6. The van der Waals surface area contributed by atoms with Crippen LogP contribution >= 0.6 is 11.3 Å². The fourth-order valence-electron chi connectivity index (χ4n) is 4.33. The van der Waals surface area contributed by atoms with Crippen molar-refractivity contribution in [2.24, 2.45) is 7.05 Å². The molecule has 5 heterocycles. The van der Waals surface area contributed by atoms with Crippen LogP contribution < -0.4 is 5.32 Å². The predicted molar refractivity (Wildman–Crippen MR) is 122 cm³/mol. The molecule has 0 aliphatic carbocycles. The van der Waals surface area contributed by atoms with Crippen molar-refractivity contribution in [2.45, 2.75) is 51.2 Å². The predicted octanol–water partition coefficient (Wildman–Crippen LogP) is 4.45. The van der Waals surface area contributed by atoms with Crippen molar-refractivity contribution in [1.82, 2.24) is 29.4 Å². The number of anilines is 1. The van der Waals surface area contributed by atoms with Crippen molar-refractivity contribution >= 4 is 28.6 Å². The van der Waals surface area contributed by atoms with Crippen LogP contribution in [-0.4, -0.2) is 47.5 Å². The monoisotopic (exact) mass is 487 g/mol. The summed E-state index contributed by atoms with van der Waals surface area (Å²) >= 11 is 1.05. The van der Waals surface area contributed by atoms with Crippen LogP contribution in [-0.2, 0) is 11.8 Å². The van der Waals surface area contributed by atoms with Crippen LogP contribution in [0.1, 0.15) is 61.0 Å². The number of fused-ring (bicyclic) bond motifs is 1. The topological polar surface area (TPSA) is 99.2 Å². The zero-order chi connectivity index (χ0) is 24.0. The SMILES string of the molecule is C[C@@H]1CC(c2nc3cc(NC(=O)c4c(-c5nc(C(F)F)cs5)cnn4C)ccn3n2)C[C@H](C)O1. The van der Waals surface area contributed by atoms with E-state index in [1.54, 1.807) is 29.9 Å². The molecule has 1 aliphatic rings. The number of aryl methyl sites for hydroxylation is 1. The van der Waals surface area contributed by atoms with Gasteiger partial charge in [0.15, 0.2) is 11.5 Å². The molecule has 1 saturated heterocycles. The number of nitrogens with zero attached hydrogens (tertiary/aromatic N) is 6. The summed E-state index contributed by atoms with van der Waals surface area (Å²) in [5, 5.41) is 13.2. The Morgan fingerprint density at radius 2 is 2.03 bits per heavy atom. The highest BCUT2D eigenvalue weighted by Crippen LogP contribution is 2.32. The van der Waals surface area contributed by atoms with Crippen molar-refractivity contribution in [1.29, 1.82) is 0 Å². The lowest BCUT2D eigenvalue weighted by molar-refractivity contribution is -0.0390. The second-order valence-corrected chi connectivity index (χ2v) is 9.33. The highest BCUT2D eigenvalue weighted by molar-refractivity contribution is 7.13. The van der Waals surface area contributed by atoms with Crippen LogP contribution in [0.2, 0.25) is 0 Å². The van der Waals surface area contributed by atoms with Gasteiger partial charge in [-0.3, -0.25) is 9.48 Å². The molecule has 4 aromatic heterocycles. The Hall–Kier alpha value is -3.25. The second kappa shape index (κ2) is 8.84. The molecular formula is C22H23F2N7O2S. The van der Waals surface area contributed by atoms with E-state index in [0.717, 1.165) is 30.0 Å². The van der Waals surface area contributed by atoms with E-state index in [1.165, 1.54) is 16.3 Å². The zero-order valence-corrected chi connectivity index (χ0v) is 19.6. The molecule has 34 heavy (non-hydrogen) atoms. The lowest BCUT2D eigenvalue weighted by Crippen LogP contribution is -2.28. The molecule has 1 unspecified atom stereocenters. The summed E-state index contributed by atoms with van der Waals surface area (Å²) in [7, 11) is 1.61. The molecule has 0 spiro atoms. The summed E-state index contributed by atoms with van der Waals surface area (Å²) in [6, 6.07) is 3.47. The number of ether oxygens (including phenoxy) is 1. The molecule has 0 aromatic carbocycles. The molecule has 1 N–H and O–H groups in total. The van der Waals surface area contributed by atoms with Gasteiger partial charge in [-0.15, -0.1) is 11.3 Å². The van der Waals surface area contributed by atoms with Crippen LogP contribution in [0.5, 0.6) is 0 Å². The van der Waals surface area contributed by atoms with Crippen LogP contribution in [0, 0.1) is 0 Å². The van der Waals surface area contributed by atoms with Gasteiger partial charge >= 0.3 is 0 Å². The standard InChI is InChI=1S/C22H23F2N7O2S/c1-11-6-13(7-12(2)33-11)20-28-17-8-14(4-5-31(17)29-20)26-21(32)18-15(9-25-30(18)3)22-27-16(10-34-22)19(23)24/h4-5,8-13,19H,6-7H2,1-3H3,(H,26,32)/t11-,12+,13?. The van der Waals surface area contributed by atoms with Gasteiger partial charge in [0.25, 0.3) is 12.3 Å². The van der Waals surface area contributed by atoms with Gasteiger partial charge in [0.1, 0.15) is 16.4 Å². The number of thiazole rings is 1. The third kappa shape index (κ3) is 4.30.